The topological polar surface area (TPSA) is 71.5 Å². The van der Waals surface area contributed by atoms with Gasteiger partial charge >= 0.3 is 0 Å². The number of ether oxygens (including phenoxy) is 1. The van der Waals surface area contributed by atoms with E-state index in [2.05, 4.69) is 27.3 Å². The zero-order chi connectivity index (χ0) is 21.0. The number of fused-ring (bicyclic) bond motifs is 2. The molecule has 6 heteroatoms. The van der Waals surface area contributed by atoms with Crippen LogP contribution >= 0.6 is 0 Å². The molecule has 2 heterocycles. The molecule has 1 saturated heterocycles. The number of nitrogens with zero attached hydrogens (tertiary/aromatic N) is 2. The number of amides is 1. The third-order valence-electron chi connectivity index (χ3n) is 7.50. The van der Waals surface area contributed by atoms with E-state index >= 15 is 0 Å². The Morgan fingerprint density at radius 3 is 2.71 bits per heavy atom. The Morgan fingerprint density at radius 2 is 2.00 bits per heavy atom. The van der Waals surface area contributed by atoms with Gasteiger partial charge in [-0.25, -0.2) is 4.98 Å². The van der Waals surface area contributed by atoms with Crippen molar-refractivity contribution in [1.82, 2.24) is 4.98 Å². The lowest BCUT2D eigenvalue weighted by atomic mass is 9.64. The molecule has 0 radical (unpaired) electrons. The number of pyridine rings is 1. The van der Waals surface area contributed by atoms with Crippen molar-refractivity contribution in [3.8, 4) is 0 Å². The van der Waals surface area contributed by atoms with Gasteiger partial charge in [0.1, 0.15) is 11.6 Å². The van der Waals surface area contributed by atoms with Crippen LogP contribution in [0.2, 0.25) is 0 Å². The van der Waals surface area contributed by atoms with E-state index in [9.17, 15) is 9.59 Å². The molecule has 1 aliphatic heterocycles. The average Bonchev–Trinajstić information content (AvgIpc) is 3.56. The van der Waals surface area contributed by atoms with E-state index in [1.54, 1.807) is 12.3 Å². The average molecular weight is 418 g/mol. The van der Waals surface area contributed by atoms with Crippen molar-refractivity contribution in [3.05, 3.63) is 52.7 Å². The third-order valence-corrected chi connectivity index (χ3v) is 7.50. The smallest absolute Gasteiger partial charge is 0.259 e. The summed E-state index contributed by atoms with van der Waals surface area (Å²) in [4.78, 5) is 32.8. The summed E-state index contributed by atoms with van der Waals surface area (Å²) in [5.41, 5.74) is 4.82. The second-order valence-electron chi connectivity index (χ2n) is 9.33. The molecular formula is C25H27N3O3. The highest BCUT2D eigenvalue weighted by Gasteiger charge is 2.51. The van der Waals surface area contributed by atoms with Gasteiger partial charge in [-0.05, 0) is 72.6 Å². The first kappa shape index (κ1) is 19.0. The zero-order valence-electron chi connectivity index (χ0n) is 17.7. The molecule has 0 unspecified atom stereocenters. The first-order chi connectivity index (χ1) is 15.2. The maximum absolute atomic E-state index is 13.3. The number of morpholine rings is 1. The quantitative estimate of drug-likeness (QED) is 0.823. The fourth-order valence-corrected chi connectivity index (χ4v) is 5.51. The standard InChI is InChI=1S/C25H27N3O3/c29-22-15-20-19(16-4-5-16)13-17(14-21(20)25(22)6-2-7-25)27-24(30)18-3-1-8-26-23(18)28-9-11-31-12-10-28/h1,3,8,13-14,16H,2,4-7,9-12,15H2,(H,27,30). The van der Waals surface area contributed by atoms with Crippen LogP contribution in [0.1, 0.15) is 65.1 Å². The van der Waals surface area contributed by atoms with Crippen molar-refractivity contribution < 1.29 is 14.3 Å². The fourth-order valence-electron chi connectivity index (χ4n) is 5.51. The largest absolute Gasteiger partial charge is 0.378 e. The highest BCUT2D eigenvalue weighted by molar-refractivity contribution is 6.08. The molecule has 1 spiro atoms. The summed E-state index contributed by atoms with van der Waals surface area (Å²) >= 11 is 0. The van der Waals surface area contributed by atoms with Gasteiger partial charge in [0, 0.05) is 31.4 Å². The van der Waals surface area contributed by atoms with E-state index in [4.69, 9.17) is 4.74 Å². The predicted octanol–water partition coefficient (Wildman–Crippen LogP) is 3.59. The number of carbonyl (C=O) groups is 2. The first-order valence-corrected chi connectivity index (χ1v) is 11.5. The molecule has 6 rings (SSSR count). The Hall–Kier alpha value is -2.73. The number of nitrogens with one attached hydrogen (secondary N) is 1. The molecule has 1 amide bonds. The van der Waals surface area contributed by atoms with Crippen LogP contribution in [0.15, 0.2) is 30.5 Å². The number of rotatable bonds is 4. The maximum atomic E-state index is 13.3. The second-order valence-corrected chi connectivity index (χ2v) is 9.33. The highest BCUT2D eigenvalue weighted by Crippen LogP contribution is 2.54. The molecule has 6 nitrogen and oxygen atoms in total. The van der Waals surface area contributed by atoms with Crippen molar-refractivity contribution >= 4 is 23.2 Å². The van der Waals surface area contributed by atoms with Crippen molar-refractivity contribution in [2.24, 2.45) is 0 Å². The Labute approximate surface area is 182 Å². The Kier molecular flexibility index (Phi) is 4.39. The van der Waals surface area contributed by atoms with E-state index in [0.29, 0.717) is 42.7 Å². The monoisotopic (exact) mass is 417 g/mol. The summed E-state index contributed by atoms with van der Waals surface area (Å²) < 4.78 is 5.45. The summed E-state index contributed by atoms with van der Waals surface area (Å²) in [6, 6.07) is 7.83. The van der Waals surface area contributed by atoms with Crippen LogP contribution in [0.5, 0.6) is 0 Å². The van der Waals surface area contributed by atoms with Gasteiger partial charge in [-0.1, -0.05) is 6.42 Å². The number of carbonyl (C=O) groups excluding carboxylic acids is 2. The van der Waals surface area contributed by atoms with Gasteiger partial charge in [0.15, 0.2) is 0 Å². The van der Waals surface area contributed by atoms with Crippen molar-refractivity contribution in [2.75, 3.05) is 36.5 Å². The minimum atomic E-state index is -0.285. The molecular weight excluding hydrogens is 390 g/mol. The van der Waals surface area contributed by atoms with Crippen LogP contribution < -0.4 is 10.2 Å². The van der Waals surface area contributed by atoms with Crippen LogP contribution in [-0.4, -0.2) is 43.0 Å². The normalized spacial score (nSPS) is 21.7. The lowest BCUT2D eigenvalue weighted by Crippen LogP contribution is -2.39. The van der Waals surface area contributed by atoms with Gasteiger partial charge in [-0.3, -0.25) is 9.59 Å². The predicted molar refractivity (Wildman–Crippen MR) is 118 cm³/mol. The number of anilines is 2. The fraction of sp³-hybridized carbons (Fsp3) is 0.480. The molecule has 1 N–H and O–H groups in total. The number of Topliss-reactive ketones (excluding diaryl/α,β-unsaturated/α-hetero) is 1. The molecule has 160 valence electrons. The lowest BCUT2D eigenvalue weighted by Gasteiger charge is -2.38. The molecule has 1 aromatic carbocycles. The number of benzene rings is 1. The van der Waals surface area contributed by atoms with Crippen LogP contribution in [-0.2, 0) is 21.4 Å². The van der Waals surface area contributed by atoms with Crippen molar-refractivity contribution in [3.63, 3.8) is 0 Å². The minimum Gasteiger partial charge on any atom is -0.378 e. The number of ketones is 1. The lowest BCUT2D eigenvalue weighted by molar-refractivity contribution is -0.125. The number of hydrogen-bond acceptors (Lipinski definition) is 5. The van der Waals surface area contributed by atoms with Gasteiger partial charge in [0.2, 0.25) is 0 Å². The molecule has 1 aromatic heterocycles. The molecule has 0 atom stereocenters. The van der Waals surface area contributed by atoms with E-state index in [1.807, 2.05) is 6.07 Å². The summed E-state index contributed by atoms with van der Waals surface area (Å²) in [5, 5.41) is 3.14. The first-order valence-electron chi connectivity index (χ1n) is 11.5. The molecule has 0 bridgehead atoms. The SMILES string of the molecule is O=C(Nc1cc(C2CC2)c2c(c1)C1(CCC1)C(=O)C2)c1cccnc1N1CCOCC1. The number of aromatic nitrogens is 1. The summed E-state index contributed by atoms with van der Waals surface area (Å²) in [7, 11) is 0. The summed E-state index contributed by atoms with van der Waals surface area (Å²) in [6.07, 6.45) is 7.66. The van der Waals surface area contributed by atoms with Crippen LogP contribution in [0.3, 0.4) is 0 Å². The van der Waals surface area contributed by atoms with Crippen LogP contribution in [0, 0.1) is 0 Å². The Bertz CT molecular complexity index is 1070. The summed E-state index contributed by atoms with van der Waals surface area (Å²) in [6.45, 7) is 2.74. The molecule has 2 saturated carbocycles. The third kappa shape index (κ3) is 3.07. The molecule has 3 fully saturated rings. The molecule has 31 heavy (non-hydrogen) atoms. The van der Waals surface area contributed by atoms with Gasteiger partial charge < -0.3 is 15.0 Å². The van der Waals surface area contributed by atoms with E-state index in [0.717, 1.165) is 38.0 Å². The van der Waals surface area contributed by atoms with Gasteiger partial charge in [-0.15, -0.1) is 0 Å². The van der Waals surface area contributed by atoms with E-state index in [-0.39, 0.29) is 11.3 Å². The number of hydrogen-bond donors (Lipinski definition) is 1. The van der Waals surface area contributed by atoms with Gasteiger partial charge in [0.05, 0.1) is 24.2 Å². The second kappa shape index (κ2) is 7.16. The zero-order valence-corrected chi connectivity index (χ0v) is 17.7. The Morgan fingerprint density at radius 1 is 1.19 bits per heavy atom. The minimum absolute atomic E-state index is 0.150. The van der Waals surface area contributed by atoms with E-state index in [1.165, 1.54) is 29.5 Å². The molecule has 2 aromatic rings. The van der Waals surface area contributed by atoms with Crippen LogP contribution in [0.25, 0.3) is 0 Å². The van der Waals surface area contributed by atoms with Crippen molar-refractivity contribution in [1.29, 1.82) is 0 Å². The van der Waals surface area contributed by atoms with Crippen LogP contribution in [0.4, 0.5) is 11.5 Å². The molecule has 3 aliphatic carbocycles. The van der Waals surface area contributed by atoms with Gasteiger partial charge in [0.25, 0.3) is 5.91 Å². The molecule has 4 aliphatic rings. The Balaban J connectivity index is 1.34. The van der Waals surface area contributed by atoms with Crippen molar-refractivity contribution in [2.45, 2.75) is 49.9 Å². The summed E-state index contributed by atoms with van der Waals surface area (Å²) in [5.74, 6) is 1.47. The van der Waals surface area contributed by atoms with Gasteiger partial charge in [-0.2, -0.15) is 0 Å². The van der Waals surface area contributed by atoms with E-state index < -0.39 is 0 Å². The highest BCUT2D eigenvalue weighted by atomic mass is 16.5. The maximum Gasteiger partial charge on any atom is 0.259 e.